The molecule has 0 rings (SSSR count). The molecule has 0 saturated heterocycles. The number of hydrogen-bond acceptors (Lipinski definition) is 11. The quantitative estimate of drug-likeness (QED) is 0.0435. The zero-order valence-electron chi connectivity index (χ0n) is 36.5. The summed E-state index contributed by atoms with van der Waals surface area (Å²) < 4.78 is 21.2. The van der Waals surface area contributed by atoms with Gasteiger partial charge in [0.1, 0.15) is 25.3 Å². The standard InChI is InChI=1S/C42H77N5O13/c1-3-5-7-8-9-10-11-12-13-14-15-16-17-18-37(49)46-35(42(55)56)20-22-38(50)47-34(41(53)54)19-21-36(48)44-24-26-57-28-31-60-33-40(52)45-25-27-58-29-30-59-32-39(51)43-23-6-4-2/h34-35H,3-33H2,1-2H3,(H,43,51)(H,44,48)(H,45,52)(H,46,49)(H,47,50)(H,53,54)(H,55,56)/t34-,35-/m0/s1. The molecule has 348 valence electrons. The highest BCUT2D eigenvalue weighted by molar-refractivity contribution is 5.86. The molecule has 0 heterocycles. The van der Waals surface area contributed by atoms with E-state index in [1.807, 2.05) is 6.92 Å². The van der Waals surface area contributed by atoms with Crippen molar-refractivity contribution in [3.8, 4) is 0 Å². The lowest BCUT2D eigenvalue weighted by molar-refractivity contribution is -0.143. The van der Waals surface area contributed by atoms with E-state index >= 15 is 0 Å². The molecular weight excluding hydrogens is 782 g/mol. The van der Waals surface area contributed by atoms with E-state index in [4.69, 9.17) is 18.9 Å². The molecule has 0 spiro atoms. The van der Waals surface area contributed by atoms with Crippen molar-refractivity contribution < 1.29 is 62.7 Å². The molecule has 0 bridgehead atoms. The van der Waals surface area contributed by atoms with Crippen molar-refractivity contribution in [2.45, 2.75) is 154 Å². The summed E-state index contributed by atoms with van der Waals surface area (Å²) in [6.07, 6.45) is 16.4. The first-order chi connectivity index (χ1) is 29.0. The lowest BCUT2D eigenvalue weighted by Crippen LogP contribution is -2.44. The Morgan fingerprint density at radius 2 is 0.767 bits per heavy atom. The monoisotopic (exact) mass is 860 g/mol. The maximum Gasteiger partial charge on any atom is 0.326 e. The third-order valence-electron chi connectivity index (χ3n) is 9.29. The average Bonchev–Trinajstić information content (AvgIpc) is 3.21. The Balaban J connectivity index is 3.98. The number of unbranched alkanes of at least 4 members (excludes halogenated alkanes) is 13. The van der Waals surface area contributed by atoms with Gasteiger partial charge in [-0.25, -0.2) is 9.59 Å². The number of hydrogen-bond donors (Lipinski definition) is 7. The lowest BCUT2D eigenvalue weighted by Gasteiger charge is -2.17. The summed E-state index contributed by atoms with van der Waals surface area (Å²) in [5, 5.41) is 31.9. The second kappa shape index (κ2) is 40.5. The predicted molar refractivity (Wildman–Crippen MR) is 225 cm³/mol. The van der Waals surface area contributed by atoms with Crippen LogP contribution in [0.5, 0.6) is 0 Å². The average molecular weight is 860 g/mol. The number of carboxylic acid groups (broad SMARTS) is 2. The van der Waals surface area contributed by atoms with Gasteiger partial charge in [0.25, 0.3) is 0 Å². The van der Waals surface area contributed by atoms with Gasteiger partial charge in [0.15, 0.2) is 0 Å². The minimum Gasteiger partial charge on any atom is -0.480 e. The van der Waals surface area contributed by atoms with Crippen LogP contribution in [0.15, 0.2) is 0 Å². The molecule has 18 heteroatoms. The summed E-state index contributed by atoms with van der Waals surface area (Å²) in [5.74, 6) is -4.69. The van der Waals surface area contributed by atoms with Gasteiger partial charge in [-0.15, -0.1) is 0 Å². The topological polar surface area (TPSA) is 257 Å². The van der Waals surface area contributed by atoms with Crippen LogP contribution in [0.25, 0.3) is 0 Å². The molecule has 0 aliphatic heterocycles. The van der Waals surface area contributed by atoms with Crippen LogP contribution in [0.2, 0.25) is 0 Å². The van der Waals surface area contributed by atoms with Gasteiger partial charge in [-0.1, -0.05) is 97.3 Å². The van der Waals surface area contributed by atoms with E-state index in [9.17, 15) is 43.8 Å². The number of aliphatic carboxylic acids is 2. The third-order valence-corrected chi connectivity index (χ3v) is 9.29. The Morgan fingerprint density at radius 3 is 1.22 bits per heavy atom. The summed E-state index contributed by atoms with van der Waals surface area (Å²) in [7, 11) is 0. The minimum absolute atomic E-state index is 0.0247. The molecule has 0 saturated carbocycles. The molecule has 0 fully saturated rings. The molecular formula is C42H77N5O13. The molecule has 0 aliphatic carbocycles. The first kappa shape index (κ1) is 56.1. The van der Waals surface area contributed by atoms with Crippen LogP contribution >= 0.6 is 0 Å². The molecule has 2 atom stereocenters. The lowest BCUT2D eigenvalue weighted by atomic mass is 10.0. The van der Waals surface area contributed by atoms with E-state index < -0.39 is 41.7 Å². The Morgan fingerprint density at radius 1 is 0.400 bits per heavy atom. The van der Waals surface area contributed by atoms with Gasteiger partial charge >= 0.3 is 11.9 Å². The Labute approximate surface area is 357 Å². The van der Waals surface area contributed by atoms with E-state index in [1.54, 1.807) is 0 Å². The van der Waals surface area contributed by atoms with E-state index in [0.717, 1.165) is 32.1 Å². The molecule has 5 amide bonds. The van der Waals surface area contributed by atoms with Crippen LogP contribution in [0, 0.1) is 0 Å². The molecule has 0 aromatic heterocycles. The maximum atomic E-state index is 12.5. The highest BCUT2D eigenvalue weighted by atomic mass is 16.5. The fourth-order valence-electron chi connectivity index (χ4n) is 5.79. The highest BCUT2D eigenvalue weighted by Crippen LogP contribution is 2.13. The first-order valence-corrected chi connectivity index (χ1v) is 22.1. The van der Waals surface area contributed by atoms with Crippen LogP contribution in [0.3, 0.4) is 0 Å². The fraction of sp³-hybridized carbons (Fsp3) is 0.833. The number of rotatable bonds is 43. The fourth-order valence-corrected chi connectivity index (χ4v) is 5.79. The largest absolute Gasteiger partial charge is 0.480 e. The Kier molecular flexibility index (Phi) is 37.9. The zero-order chi connectivity index (χ0) is 44.5. The molecule has 0 aromatic rings. The van der Waals surface area contributed by atoms with E-state index in [0.29, 0.717) is 13.0 Å². The van der Waals surface area contributed by atoms with Crippen molar-refractivity contribution in [3.63, 3.8) is 0 Å². The van der Waals surface area contributed by atoms with Gasteiger partial charge in [0.05, 0.1) is 39.6 Å². The number of carboxylic acids is 2. The van der Waals surface area contributed by atoms with Gasteiger partial charge in [0.2, 0.25) is 29.5 Å². The van der Waals surface area contributed by atoms with Crippen LogP contribution < -0.4 is 26.6 Å². The van der Waals surface area contributed by atoms with Gasteiger partial charge < -0.3 is 55.7 Å². The number of ether oxygens (including phenoxy) is 4. The number of carbonyl (C=O) groups is 7. The summed E-state index contributed by atoms with van der Waals surface area (Å²) in [4.78, 5) is 83.9. The van der Waals surface area contributed by atoms with E-state index in [1.165, 1.54) is 57.8 Å². The van der Waals surface area contributed by atoms with Crippen LogP contribution in [0.4, 0.5) is 0 Å². The second-order valence-corrected chi connectivity index (χ2v) is 14.7. The van der Waals surface area contributed by atoms with Gasteiger partial charge in [-0.2, -0.15) is 0 Å². The number of nitrogens with one attached hydrogen (secondary N) is 5. The second-order valence-electron chi connectivity index (χ2n) is 14.7. The normalized spacial score (nSPS) is 12.0. The molecule has 0 radical (unpaired) electrons. The molecule has 18 nitrogen and oxygen atoms in total. The highest BCUT2D eigenvalue weighted by Gasteiger charge is 2.24. The number of carbonyl (C=O) groups excluding carboxylic acids is 5. The first-order valence-electron chi connectivity index (χ1n) is 22.1. The molecule has 0 aliphatic rings. The summed E-state index contributed by atoms with van der Waals surface area (Å²) in [6.45, 7) is 6.39. The summed E-state index contributed by atoms with van der Waals surface area (Å²) >= 11 is 0. The van der Waals surface area contributed by atoms with Gasteiger partial charge in [0, 0.05) is 38.9 Å². The van der Waals surface area contributed by atoms with Crippen LogP contribution in [-0.2, 0) is 52.5 Å². The van der Waals surface area contributed by atoms with Crippen molar-refractivity contribution in [3.05, 3.63) is 0 Å². The van der Waals surface area contributed by atoms with Crippen molar-refractivity contribution >= 4 is 41.5 Å². The third kappa shape index (κ3) is 37.2. The van der Waals surface area contributed by atoms with Gasteiger partial charge in [-0.05, 0) is 25.7 Å². The Bertz CT molecular complexity index is 1180. The van der Waals surface area contributed by atoms with Crippen molar-refractivity contribution in [1.29, 1.82) is 0 Å². The number of amides is 5. The smallest absolute Gasteiger partial charge is 0.326 e. The van der Waals surface area contributed by atoms with Crippen LogP contribution in [0.1, 0.15) is 142 Å². The molecule has 60 heavy (non-hydrogen) atoms. The van der Waals surface area contributed by atoms with Crippen molar-refractivity contribution in [2.24, 2.45) is 0 Å². The van der Waals surface area contributed by atoms with Gasteiger partial charge in [-0.3, -0.25) is 24.0 Å². The van der Waals surface area contributed by atoms with E-state index in [-0.39, 0.29) is 110 Å². The van der Waals surface area contributed by atoms with Crippen molar-refractivity contribution in [1.82, 2.24) is 26.6 Å². The SMILES string of the molecule is CCCCCCCCCCCCCCCC(=O)N[C@@H](CCC(=O)N[C@@H](CCC(=O)NCCOCCOCC(=O)NCCOCCOCC(=O)NCCCC)C(=O)O)C(=O)O. The summed E-state index contributed by atoms with van der Waals surface area (Å²) in [5.41, 5.74) is 0. The van der Waals surface area contributed by atoms with Crippen LogP contribution in [-0.4, -0.2) is 136 Å². The molecule has 7 N–H and O–H groups in total. The van der Waals surface area contributed by atoms with Crippen molar-refractivity contribution in [2.75, 3.05) is 72.5 Å². The Hall–Kier alpha value is -3.87. The predicted octanol–water partition coefficient (Wildman–Crippen LogP) is 3.38. The summed E-state index contributed by atoms with van der Waals surface area (Å²) in [6, 6.07) is -2.65. The molecule has 0 unspecified atom stereocenters. The van der Waals surface area contributed by atoms with E-state index in [2.05, 4.69) is 33.5 Å². The minimum atomic E-state index is -1.37. The molecule has 0 aromatic carbocycles. The maximum absolute atomic E-state index is 12.5. The zero-order valence-corrected chi connectivity index (χ0v) is 36.5.